The lowest BCUT2D eigenvalue weighted by Gasteiger charge is -2.02. The highest BCUT2D eigenvalue weighted by Gasteiger charge is 2.20. The lowest BCUT2D eigenvalue weighted by molar-refractivity contribution is -0.0342. The minimum Gasteiger partial charge on any atom is -0.349 e. The van der Waals surface area contributed by atoms with Crippen LogP contribution in [0.4, 0.5) is 0 Å². The molecular formula is C5H9BrO2. The van der Waals surface area contributed by atoms with Crippen LogP contribution >= 0.6 is 15.9 Å². The van der Waals surface area contributed by atoms with E-state index in [4.69, 9.17) is 9.47 Å². The number of alkyl halides is 1. The predicted molar refractivity (Wildman–Crippen MR) is 34.1 cm³/mol. The second kappa shape index (κ2) is 2.80. The SMILES string of the molecule is C[C@H]1CO[C@@H](CBr)O1. The molecule has 0 spiro atoms. The first-order chi connectivity index (χ1) is 3.83. The van der Waals surface area contributed by atoms with Gasteiger partial charge in [0.2, 0.25) is 0 Å². The number of rotatable bonds is 1. The Morgan fingerprint density at radius 3 is 2.75 bits per heavy atom. The maximum absolute atomic E-state index is 5.24. The molecule has 1 aliphatic rings. The summed E-state index contributed by atoms with van der Waals surface area (Å²) in [5.41, 5.74) is 0. The van der Waals surface area contributed by atoms with Crippen LogP contribution in [-0.4, -0.2) is 24.3 Å². The van der Waals surface area contributed by atoms with E-state index in [1.165, 1.54) is 0 Å². The standard InChI is InChI=1S/C5H9BrO2/c1-4-3-7-5(2-6)8-4/h4-5H,2-3H2,1H3/t4-,5+/m0/s1. The average Bonchev–Trinajstić information content (AvgIpc) is 2.14. The molecule has 1 fully saturated rings. The predicted octanol–water partition coefficient (Wildman–Crippen LogP) is 1.14. The molecule has 1 aliphatic heterocycles. The van der Waals surface area contributed by atoms with E-state index < -0.39 is 0 Å². The van der Waals surface area contributed by atoms with Gasteiger partial charge in [0, 0.05) is 0 Å². The number of ether oxygens (including phenoxy) is 2. The van der Waals surface area contributed by atoms with Crippen molar-refractivity contribution in [1.82, 2.24) is 0 Å². The molecule has 1 saturated heterocycles. The quantitative estimate of drug-likeness (QED) is 0.564. The number of halogens is 1. The van der Waals surface area contributed by atoms with E-state index in [1.54, 1.807) is 0 Å². The fraction of sp³-hybridized carbons (Fsp3) is 1.00. The summed E-state index contributed by atoms with van der Waals surface area (Å²) in [6.07, 6.45) is 0.266. The highest BCUT2D eigenvalue weighted by atomic mass is 79.9. The highest BCUT2D eigenvalue weighted by molar-refractivity contribution is 9.09. The van der Waals surface area contributed by atoms with Crippen LogP contribution in [0.25, 0.3) is 0 Å². The minimum atomic E-state index is -0.00926. The second-order valence-electron chi connectivity index (χ2n) is 1.86. The van der Waals surface area contributed by atoms with Crippen molar-refractivity contribution in [2.24, 2.45) is 0 Å². The highest BCUT2D eigenvalue weighted by Crippen LogP contribution is 2.11. The Kier molecular flexibility index (Phi) is 2.28. The van der Waals surface area contributed by atoms with Crippen LogP contribution in [0, 0.1) is 0 Å². The number of hydrogen-bond acceptors (Lipinski definition) is 2. The maximum atomic E-state index is 5.24. The zero-order valence-corrected chi connectivity index (χ0v) is 6.35. The Labute approximate surface area is 57.3 Å². The van der Waals surface area contributed by atoms with Gasteiger partial charge in [0.15, 0.2) is 6.29 Å². The molecule has 0 N–H and O–H groups in total. The Hall–Kier alpha value is 0.400. The minimum absolute atomic E-state index is 0.00926. The van der Waals surface area contributed by atoms with Crippen LogP contribution in [0.5, 0.6) is 0 Å². The van der Waals surface area contributed by atoms with E-state index in [2.05, 4.69) is 15.9 Å². The summed E-state index contributed by atoms with van der Waals surface area (Å²) < 4.78 is 10.4. The van der Waals surface area contributed by atoms with Crippen molar-refractivity contribution in [2.45, 2.75) is 19.3 Å². The first-order valence-electron chi connectivity index (χ1n) is 2.66. The van der Waals surface area contributed by atoms with Crippen molar-refractivity contribution >= 4 is 15.9 Å². The Balaban J connectivity index is 2.22. The van der Waals surface area contributed by atoms with Gasteiger partial charge in [0.25, 0.3) is 0 Å². The van der Waals surface area contributed by atoms with E-state index in [0.717, 1.165) is 11.9 Å². The Morgan fingerprint density at radius 2 is 2.50 bits per heavy atom. The smallest absolute Gasteiger partial charge is 0.167 e. The Bertz CT molecular complexity index is 76.8. The van der Waals surface area contributed by atoms with Crippen LogP contribution < -0.4 is 0 Å². The molecule has 0 unspecified atom stereocenters. The van der Waals surface area contributed by atoms with Gasteiger partial charge in [0.05, 0.1) is 18.0 Å². The first-order valence-corrected chi connectivity index (χ1v) is 3.78. The van der Waals surface area contributed by atoms with Gasteiger partial charge in [-0.2, -0.15) is 0 Å². The summed E-state index contributed by atoms with van der Waals surface area (Å²) in [6.45, 7) is 2.74. The van der Waals surface area contributed by atoms with E-state index in [1.807, 2.05) is 6.92 Å². The molecule has 2 atom stereocenters. The van der Waals surface area contributed by atoms with E-state index >= 15 is 0 Å². The molecule has 8 heavy (non-hydrogen) atoms. The van der Waals surface area contributed by atoms with E-state index in [0.29, 0.717) is 0 Å². The van der Waals surface area contributed by atoms with Gasteiger partial charge in [-0.05, 0) is 6.92 Å². The van der Waals surface area contributed by atoms with Gasteiger partial charge >= 0.3 is 0 Å². The molecule has 48 valence electrons. The van der Waals surface area contributed by atoms with Crippen molar-refractivity contribution < 1.29 is 9.47 Å². The van der Waals surface area contributed by atoms with Gasteiger partial charge in [-0.25, -0.2) is 0 Å². The van der Waals surface area contributed by atoms with Gasteiger partial charge in [-0.3, -0.25) is 0 Å². The van der Waals surface area contributed by atoms with Crippen LogP contribution in [0.1, 0.15) is 6.92 Å². The second-order valence-corrected chi connectivity index (χ2v) is 2.51. The molecule has 2 nitrogen and oxygen atoms in total. The Morgan fingerprint density at radius 1 is 1.75 bits per heavy atom. The summed E-state index contributed by atoms with van der Waals surface area (Å²) in [5, 5.41) is 0.775. The average molecular weight is 181 g/mol. The molecule has 1 heterocycles. The summed E-state index contributed by atoms with van der Waals surface area (Å²) in [6, 6.07) is 0. The normalized spacial score (nSPS) is 38.2. The van der Waals surface area contributed by atoms with E-state index in [-0.39, 0.29) is 12.4 Å². The molecule has 0 bridgehead atoms. The maximum Gasteiger partial charge on any atom is 0.167 e. The zero-order valence-electron chi connectivity index (χ0n) is 4.76. The summed E-state index contributed by atoms with van der Waals surface area (Å²) >= 11 is 3.25. The van der Waals surface area contributed by atoms with Gasteiger partial charge in [-0.15, -0.1) is 0 Å². The fourth-order valence-corrected chi connectivity index (χ4v) is 1.00. The summed E-state index contributed by atoms with van der Waals surface area (Å²) in [7, 11) is 0. The summed E-state index contributed by atoms with van der Waals surface area (Å²) in [4.78, 5) is 0. The van der Waals surface area contributed by atoms with Crippen molar-refractivity contribution in [3.63, 3.8) is 0 Å². The van der Waals surface area contributed by atoms with Crippen molar-refractivity contribution in [3.05, 3.63) is 0 Å². The molecular weight excluding hydrogens is 172 g/mol. The monoisotopic (exact) mass is 180 g/mol. The van der Waals surface area contributed by atoms with Gasteiger partial charge in [0.1, 0.15) is 0 Å². The van der Waals surface area contributed by atoms with Crippen molar-refractivity contribution in [2.75, 3.05) is 11.9 Å². The van der Waals surface area contributed by atoms with Crippen molar-refractivity contribution in [3.8, 4) is 0 Å². The lowest BCUT2D eigenvalue weighted by Crippen LogP contribution is -2.09. The molecule has 0 aromatic carbocycles. The molecule has 0 aromatic rings. The van der Waals surface area contributed by atoms with Gasteiger partial charge in [-0.1, -0.05) is 15.9 Å². The molecule has 3 heteroatoms. The lowest BCUT2D eigenvalue weighted by atomic mass is 10.5. The largest absolute Gasteiger partial charge is 0.349 e. The zero-order chi connectivity index (χ0) is 5.98. The first kappa shape index (κ1) is 6.52. The number of hydrogen-bond donors (Lipinski definition) is 0. The summed E-state index contributed by atoms with van der Waals surface area (Å²) in [5.74, 6) is 0. The van der Waals surface area contributed by atoms with Crippen LogP contribution in [0.15, 0.2) is 0 Å². The van der Waals surface area contributed by atoms with Crippen LogP contribution in [-0.2, 0) is 9.47 Å². The third kappa shape index (κ3) is 1.44. The van der Waals surface area contributed by atoms with Crippen LogP contribution in [0.2, 0.25) is 0 Å². The molecule has 0 aromatic heterocycles. The topological polar surface area (TPSA) is 18.5 Å². The molecule has 0 saturated carbocycles. The third-order valence-electron chi connectivity index (χ3n) is 1.03. The van der Waals surface area contributed by atoms with Crippen LogP contribution in [0.3, 0.4) is 0 Å². The van der Waals surface area contributed by atoms with E-state index in [9.17, 15) is 0 Å². The molecule has 0 amide bonds. The fourth-order valence-electron chi connectivity index (χ4n) is 0.661. The van der Waals surface area contributed by atoms with Gasteiger partial charge < -0.3 is 9.47 Å². The third-order valence-corrected chi connectivity index (χ3v) is 1.56. The van der Waals surface area contributed by atoms with Crippen molar-refractivity contribution in [1.29, 1.82) is 0 Å². The molecule has 1 rings (SSSR count). The molecule has 0 aliphatic carbocycles. The molecule has 0 radical (unpaired) electrons.